The SMILES string of the molecule is CCC/C(=N/Nc1c([N+](=O)[O-])cc(C(F)(F)F)cc1[N+](=O)[O-])c1ccccc1. The quantitative estimate of drug-likeness (QED) is 0.396. The van der Waals surface area contributed by atoms with Crippen molar-refractivity contribution in [3.63, 3.8) is 0 Å². The maximum absolute atomic E-state index is 12.9. The van der Waals surface area contributed by atoms with Crippen LogP contribution in [0.5, 0.6) is 0 Å². The Morgan fingerprint density at radius 2 is 1.61 bits per heavy atom. The minimum Gasteiger partial charge on any atom is -0.266 e. The molecule has 0 bridgehead atoms. The fourth-order valence-corrected chi connectivity index (χ4v) is 2.43. The maximum Gasteiger partial charge on any atom is 0.416 e. The highest BCUT2D eigenvalue weighted by atomic mass is 19.4. The number of nitro benzene ring substituents is 2. The van der Waals surface area contributed by atoms with E-state index in [4.69, 9.17) is 0 Å². The van der Waals surface area contributed by atoms with Gasteiger partial charge in [-0.05, 0) is 12.0 Å². The molecule has 0 aliphatic heterocycles. The third-order valence-electron chi connectivity index (χ3n) is 3.71. The van der Waals surface area contributed by atoms with Crippen LogP contribution in [0.2, 0.25) is 0 Å². The summed E-state index contributed by atoms with van der Waals surface area (Å²) in [6.07, 6.45) is -3.87. The number of nitrogens with zero attached hydrogens (tertiary/aromatic N) is 3. The van der Waals surface area contributed by atoms with Gasteiger partial charge in [-0.2, -0.15) is 18.3 Å². The summed E-state index contributed by atoms with van der Waals surface area (Å²) in [5, 5.41) is 26.5. The van der Waals surface area contributed by atoms with Crippen molar-refractivity contribution in [2.75, 3.05) is 5.43 Å². The summed E-state index contributed by atoms with van der Waals surface area (Å²) in [6, 6.07) is 9.19. The number of hydrogen-bond donors (Lipinski definition) is 1. The fraction of sp³-hybridized carbons (Fsp3) is 0.235. The molecule has 0 amide bonds. The lowest BCUT2D eigenvalue weighted by atomic mass is 10.1. The number of halogens is 3. The van der Waals surface area contributed by atoms with Gasteiger partial charge in [0.1, 0.15) is 0 Å². The molecule has 0 heterocycles. The summed E-state index contributed by atoms with van der Waals surface area (Å²) in [4.78, 5) is 20.2. The van der Waals surface area contributed by atoms with Gasteiger partial charge in [0.15, 0.2) is 0 Å². The smallest absolute Gasteiger partial charge is 0.266 e. The van der Waals surface area contributed by atoms with Crippen molar-refractivity contribution < 1.29 is 23.0 Å². The number of hydrazone groups is 1. The Balaban J connectivity index is 2.59. The van der Waals surface area contributed by atoms with Crippen molar-refractivity contribution in [1.29, 1.82) is 0 Å². The summed E-state index contributed by atoms with van der Waals surface area (Å²) >= 11 is 0. The highest BCUT2D eigenvalue weighted by Gasteiger charge is 2.37. The van der Waals surface area contributed by atoms with Gasteiger partial charge in [0.25, 0.3) is 0 Å². The van der Waals surface area contributed by atoms with Crippen molar-refractivity contribution in [1.82, 2.24) is 0 Å². The predicted molar refractivity (Wildman–Crippen MR) is 96.3 cm³/mol. The van der Waals surface area contributed by atoms with Crippen molar-refractivity contribution in [3.05, 3.63) is 73.8 Å². The van der Waals surface area contributed by atoms with Crippen LogP contribution in [0.3, 0.4) is 0 Å². The van der Waals surface area contributed by atoms with Gasteiger partial charge in [0.2, 0.25) is 5.69 Å². The number of anilines is 1. The van der Waals surface area contributed by atoms with Crippen molar-refractivity contribution in [2.45, 2.75) is 25.9 Å². The van der Waals surface area contributed by atoms with Gasteiger partial charge >= 0.3 is 17.6 Å². The molecule has 1 N–H and O–H groups in total. The van der Waals surface area contributed by atoms with Crippen LogP contribution in [0.1, 0.15) is 30.9 Å². The van der Waals surface area contributed by atoms with Crippen LogP contribution >= 0.6 is 0 Å². The fourth-order valence-electron chi connectivity index (χ4n) is 2.43. The Morgan fingerprint density at radius 1 is 1.07 bits per heavy atom. The number of nitrogens with one attached hydrogen (secondary N) is 1. The lowest BCUT2D eigenvalue weighted by Crippen LogP contribution is -2.10. The van der Waals surface area contributed by atoms with Crippen LogP contribution < -0.4 is 5.43 Å². The Bertz CT molecular complexity index is 879. The molecule has 0 aliphatic carbocycles. The molecule has 11 heteroatoms. The topological polar surface area (TPSA) is 111 Å². The molecule has 148 valence electrons. The third-order valence-corrected chi connectivity index (χ3v) is 3.71. The third kappa shape index (κ3) is 4.81. The number of alkyl halides is 3. The van der Waals surface area contributed by atoms with Gasteiger partial charge in [0.05, 0.1) is 21.1 Å². The van der Waals surface area contributed by atoms with Gasteiger partial charge in [-0.15, -0.1) is 0 Å². The Kier molecular flexibility index (Phi) is 6.29. The van der Waals surface area contributed by atoms with E-state index in [9.17, 15) is 33.4 Å². The van der Waals surface area contributed by atoms with Crippen LogP contribution in [-0.2, 0) is 6.18 Å². The van der Waals surface area contributed by atoms with Crippen molar-refractivity contribution in [2.24, 2.45) is 5.10 Å². The molecule has 0 radical (unpaired) electrons. The average molecular weight is 396 g/mol. The number of hydrogen-bond acceptors (Lipinski definition) is 6. The second kappa shape index (κ2) is 8.46. The lowest BCUT2D eigenvalue weighted by molar-refractivity contribution is -0.392. The van der Waals surface area contributed by atoms with Crippen LogP contribution in [0, 0.1) is 20.2 Å². The van der Waals surface area contributed by atoms with Gasteiger partial charge in [-0.3, -0.25) is 25.7 Å². The largest absolute Gasteiger partial charge is 0.416 e. The highest BCUT2D eigenvalue weighted by molar-refractivity contribution is 6.01. The molecule has 2 aromatic carbocycles. The molecule has 0 fully saturated rings. The van der Waals surface area contributed by atoms with Crippen LogP contribution in [-0.4, -0.2) is 15.6 Å². The Morgan fingerprint density at radius 3 is 2.04 bits per heavy atom. The van der Waals surface area contributed by atoms with E-state index in [1.807, 2.05) is 6.92 Å². The molecule has 0 unspecified atom stereocenters. The van der Waals surface area contributed by atoms with Gasteiger partial charge in [-0.1, -0.05) is 43.7 Å². The van der Waals surface area contributed by atoms with Crippen LogP contribution in [0.25, 0.3) is 0 Å². The number of rotatable bonds is 7. The second-order valence-corrected chi connectivity index (χ2v) is 5.69. The van der Waals surface area contributed by atoms with Crippen molar-refractivity contribution in [3.8, 4) is 0 Å². The zero-order valence-electron chi connectivity index (χ0n) is 14.6. The summed E-state index contributed by atoms with van der Waals surface area (Å²) in [5.41, 5.74) is -1.01. The first kappa shape index (κ1) is 20.8. The number of benzene rings is 2. The lowest BCUT2D eigenvalue weighted by Gasteiger charge is -2.11. The highest BCUT2D eigenvalue weighted by Crippen LogP contribution is 2.41. The van der Waals surface area contributed by atoms with Crippen LogP contribution in [0.4, 0.5) is 30.2 Å². The molecular formula is C17H15F3N4O4. The minimum absolute atomic E-state index is 0.243. The molecule has 0 aromatic heterocycles. The molecular weight excluding hydrogens is 381 g/mol. The van der Waals surface area contributed by atoms with Gasteiger partial charge < -0.3 is 0 Å². The summed E-state index contributed by atoms with van der Waals surface area (Å²) in [6.45, 7) is 1.86. The van der Waals surface area contributed by atoms with Crippen molar-refractivity contribution >= 4 is 22.8 Å². The Labute approximate surface area is 157 Å². The average Bonchev–Trinajstić information content (AvgIpc) is 2.64. The van der Waals surface area contributed by atoms with Gasteiger partial charge in [-0.25, -0.2) is 0 Å². The number of nitro groups is 2. The van der Waals surface area contributed by atoms with Crippen LogP contribution in [0.15, 0.2) is 47.6 Å². The standard InChI is InChI=1S/C17H15F3N4O4/c1-2-6-13(11-7-4-3-5-8-11)21-22-16-14(23(25)26)9-12(17(18,19)20)10-15(16)24(27)28/h3-5,7-10,22H,2,6H2,1H3/b21-13-. The second-order valence-electron chi connectivity index (χ2n) is 5.69. The molecule has 0 saturated carbocycles. The monoisotopic (exact) mass is 396 g/mol. The molecule has 0 atom stereocenters. The molecule has 2 rings (SSSR count). The molecule has 2 aromatic rings. The molecule has 28 heavy (non-hydrogen) atoms. The van der Waals surface area contributed by atoms with Gasteiger partial charge in [0, 0.05) is 12.1 Å². The zero-order chi connectivity index (χ0) is 20.9. The molecule has 8 nitrogen and oxygen atoms in total. The van der Waals surface area contributed by atoms with E-state index in [1.54, 1.807) is 30.3 Å². The molecule has 0 aliphatic rings. The minimum atomic E-state index is -4.98. The first-order chi connectivity index (χ1) is 13.1. The van der Waals surface area contributed by atoms with E-state index >= 15 is 0 Å². The summed E-state index contributed by atoms with van der Waals surface area (Å²) in [5.74, 6) is 0. The van der Waals surface area contributed by atoms with E-state index in [0.29, 0.717) is 24.1 Å². The van der Waals surface area contributed by atoms with E-state index < -0.39 is 38.6 Å². The first-order valence-corrected chi connectivity index (χ1v) is 8.07. The maximum atomic E-state index is 12.9. The molecule has 0 spiro atoms. The normalized spacial score (nSPS) is 11.9. The van der Waals surface area contributed by atoms with E-state index in [2.05, 4.69) is 10.5 Å². The first-order valence-electron chi connectivity index (χ1n) is 8.07. The summed E-state index contributed by atoms with van der Waals surface area (Å²) in [7, 11) is 0. The van der Waals surface area contributed by atoms with E-state index in [0.717, 1.165) is 0 Å². The molecule has 0 saturated heterocycles. The Hall–Kier alpha value is -3.50. The van der Waals surface area contributed by atoms with E-state index in [1.165, 1.54) is 0 Å². The summed E-state index contributed by atoms with van der Waals surface area (Å²) < 4.78 is 38.8. The predicted octanol–water partition coefficient (Wildman–Crippen LogP) is 5.14. The van der Waals surface area contributed by atoms with E-state index in [-0.39, 0.29) is 12.1 Å². The zero-order valence-corrected chi connectivity index (χ0v) is 14.6.